The first-order valence-corrected chi connectivity index (χ1v) is 10.9. The zero-order valence-corrected chi connectivity index (χ0v) is 17.9. The van der Waals surface area contributed by atoms with Crippen LogP contribution in [0, 0.1) is 23.5 Å². The van der Waals surface area contributed by atoms with E-state index in [0.29, 0.717) is 19.4 Å². The lowest BCUT2D eigenvalue weighted by Crippen LogP contribution is -2.54. The molecule has 0 saturated carbocycles. The van der Waals surface area contributed by atoms with Crippen molar-refractivity contribution in [2.75, 3.05) is 16.8 Å². The quantitative estimate of drug-likeness (QED) is 0.635. The smallest absolute Gasteiger partial charge is 0.250 e. The van der Waals surface area contributed by atoms with Crippen LogP contribution in [-0.4, -0.2) is 35.2 Å². The van der Waals surface area contributed by atoms with Crippen molar-refractivity contribution in [2.24, 2.45) is 11.8 Å². The highest BCUT2D eigenvalue weighted by Crippen LogP contribution is 2.61. The zero-order valence-electron chi connectivity index (χ0n) is 16.4. The molecule has 0 radical (unpaired) electrons. The number of carbonyl (C=O) groups excluding carboxylic acids is 3. The summed E-state index contributed by atoms with van der Waals surface area (Å²) in [5.41, 5.74) is -1.05. The van der Waals surface area contributed by atoms with Crippen molar-refractivity contribution in [3.8, 4) is 0 Å². The van der Waals surface area contributed by atoms with Gasteiger partial charge in [0.15, 0.2) is 0 Å². The van der Waals surface area contributed by atoms with Gasteiger partial charge in [0, 0.05) is 16.6 Å². The molecule has 4 aliphatic heterocycles. The van der Waals surface area contributed by atoms with Crippen LogP contribution in [0.25, 0.3) is 0 Å². The second-order valence-electron chi connectivity index (χ2n) is 8.58. The lowest BCUT2D eigenvalue weighted by atomic mass is 9.75. The molecule has 32 heavy (non-hydrogen) atoms. The molecule has 4 atom stereocenters. The summed E-state index contributed by atoms with van der Waals surface area (Å²) >= 11 is 12.2. The number of benzene rings is 2. The SMILES string of the molecule is O=C1C2C3CCCN3C3(C(=O)Nc4c(Cl)cc(F)cc43)C2C(=O)N1c1cc(F)cc(Cl)c1. The Morgan fingerprint density at radius 2 is 1.75 bits per heavy atom. The molecule has 0 aliphatic carbocycles. The van der Waals surface area contributed by atoms with Crippen LogP contribution in [0.2, 0.25) is 10.0 Å². The fourth-order valence-corrected chi connectivity index (χ4v) is 6.62. The third kappa shape index (κ3) is 2.30. The maximum atomic E-state index is 14.4. The molecule has 6 nitrogen and oxygen atoms in total. The molecule has 3 saturated heterocycles. The number of rotatable bonds is 1. The van der Waals surface area contributed by atoms with E-state index in [1.165, 1.54) is 12.1 Å². The summed E-state index contributed by atoms with van der Waals surface area (Å²) in [6.07, 6.45) is 1.32. The van der Waals surface area contributed by atoms with Crippen molar-refractivity contribution >= 4 is 52.3 Å². The molecule has 0 aromatic heterocycles. The van der Waals surface area contributed by atoms with E-state index >= 15 is 0 Å². The molecule has 3 amide bonds. The minimum absolute atomic E-state index is 0.00926. The first-order valence-electron chi connectivity index (χ1n) is 10.2. The molecule has 164 valence electrons. The van der Waals surface area contributed by atoms with Gasteiger partial charge in [0.2, 0.25) is 11.8 Å². The Kier molecular flexibility index (Phi) is 4.08. The van der Waals surface area contributed by atoms with Crippen molar-refractivity contribution in [1.82, 2.24) is 4.90 Å². The molecule has 4 heterocycles. The Bertz CT molecular complexity index is 1230. The van der Waals surface area contributed by atoms with Crippen LogP contribution in [0.3, 0.4) is 0 Å². The van der Waals surface area contributed by atoms with Crippen molar-refractivity contribution in [3.63, 3.8) is 0 Å². The number of anilines is 2. The summed E-state index contributed by atoms with van der Waals surface area (Å²) in [4.78, 5) is 43.6. The molecular weight excluding hydrogens is 463 g/mol. The highest BCUT2D eigenvalue weighted by Gasteiger charge is 2.74. The van der Waals surface area contributed by atoms with Crippen LogP contribution in [0.5, 0.6) is 0 Å². The molecule has 2 aromatic rings. The van der Waals surface area contributed by atoms with Gasteiger partial charge in [-0.15, -0.1) is 0 Å². The first-order chi connectivity index (χ1) is 15.2. The van der Waals surface area contributed by atoms with Crippen molar-refractivity contribution < 1.29 is 23.2 Å². The number of amides is 3. The molecule has 2 aromatic carbocycles. The predicted molar refractivity (Wildman–Crippen MR) is 112 cm³/mol. The van der Waals surface area contributed by atoms with E-state index in [9.17, 15) is 23.2 Å². The number of nitrogens with one attached hydrogen (secondary N) is 1. The topological polar surface area (TPSA) is 69.7 Å². The maximum absolute atomic E-state index is 14.4. The molecule has 3 fully saturated rings. The van der Waals surface area contributed by atoms with Gasteiger partial charge in [-0.1, -0.05) is 23.2 Å². The van der Waals surface area contributed by atoms with Gasteiger partial charge in [0.25, 0.3) is 5.91 Å². The average molecular weight is 478 g/mol. The van der Waals surface area contributed by atoms with E-state index in [2.05, 4.69) is 5.32 Å². The second kappa shape index (κ2) is 6.50. The predicted octanol–water partition coefficient (Wildman–Crippen LogP) is 3.70. The molecule has 4 aliphatic rings. The van der Waals surface area contributed by atoms with Crippen LogP contribution in [0.4, 0.5) is 20.2 Å². The Morgan fingerprint density at radius 1 is 1.00 bits per heavy atom. The first kappa shape index (κ1) is 20.1. The van der Waals surface area contributed by atoms with Gasteiger partial charge in [0.1, 0.15) is 17.2 Å². The lowest BCUT2D eigenvalue weighted by Gasteiger charge is -2.36. The molecule has 1 N–H and O–H groups in total. The van der Waals surface area contributed by atoms with Crippen LogP contribution < -0.4 is 10.2 Å². The Labute approximate surface area is 191 Å². The monoisotopic (exact) mass is 477 g/mol. The Balaban J connectivity index is 1.58. The third-order valence-corrected chi connectivity index (χ3v) is 7.64. The summed E-state index contributed by atoms with van der Waals surface area (Å²) in [7, 11) is 0. The van der Waals surface area contributed by atoms with Crippen LogP contribution in [0.15, 0.2) is 30.3 Å². The Hall–Kier alpha value is -2.55. The highest BCUT2D eigenvalue weighted by molar-refractivity contribution is 6.35. The minimum Gasteiger partial charge on any atom is -0.323 e. The van der Waals surface area contributed by atoms with Gasteiger partial charge in [-0.05, 0) is 49.7 Å². The summed E-state index contributed by atoms with van der Waals surface area (Å²) in [6.45, 7) is 0.477. The van der Waals surface area contributed by atoms with Gasteiger partial charge in [-0.3, -0.25) is 19.3 Å². The largest absolute Gasteiger partial charge is 0.323 e. The average Bonchev–Trinajstić information content (AvgIpc) is 3.40. The molecule has 4 unspecified atom stereocenters. The van der Waals surface area contributed by atoms with E-state index in [1.807, 2.05) is 4.90 Å². The number of nitrogens with zero attached hydrogens (tertiary/aromatic N) is 2. The second-order valence-corrected chi connectivity index (χ2v) is 9.42. The van der Waals surface area contributed by atoms with E-state index in [1.54, 1.807) is 0 Å². The summed E-state index contributed by atoms with van der Waals surface area (Å²) in [6, 6.07) is 5.37. The molecule has 6 rings (SSSR count). The molecular formula is C22H15Cl2F2N3O3. The summed E-state index contributed by atoms with van der Waals surface area (Å²) < 4.78 is 28.4. The van der Waals surface area contributed by atoms with Gasteiger partial charge < -0.3 is 5.32 Å². The number of hydrogen-bond acceptors (Lipinski definition) is 4. The van der Waals surface area contributed by atoms with Crippen LogP contribution in [-0.2, 0) is 19.9 Å². The fraction of sp³-hybridized carbons (Fsp3) is 0.318. The van der Waals surface area contributed by atoms with Crippen LogP contribution >= 0.6 is 23.2 Å². The fourth-order valence-electron chi connectivity index (χ4n) is 6.15. The Morgan fingerprint density at radius 3 is 2.50 bits per heavy atom. The van der Waals surface area contributed by atoms with Gasteiger partial charge in [0.05, 0.1) is 28.2 Å². The lowest BCUT2D eigenvalue weighted by molar-refractivity contribution is -0.135. The number of halogens is 4. The van der Waals surface area contributed by atoms with Gasteiger partial charge in [-0.25, -0.2) is 13.7 Å². The summed E-state index contributed by atoms with van der Waals surface area (Å²) in [5, 5.41) is 2.77. The number of fused-ring (bicyclic) bond motifs is 7. The summed E-state index contributed by atoms with van der Waals surface area (Å²) in [5.74, 6) is -4.93. The van der Waals surface area contributed by atoms with E-state index in [4.69, 9.17) is 23.2 Å². The molecule has 1 spiro atoms. The van der Waals surface area contributed by atoms with E-state index in [0.717, 1.165) is 23.1 Å². The highest BCUT2D eigenvalue weighted by atomic mass is 35.5. The number of imide groups is 1. The molecule has 10 heteroatoms. The number of carbonyl (C=O) groups is 3. The molecule has 0 bridgehead atoms. The third-order valence-electron chi connectivity index (χ3n) is 7.12. The van der Waals surface area contributed by atoms with Crippen molar-refractivity contribution in [2.45, 2.75) is 24.4 Å². The van der Waals surface area contributed by atoms with Gasteiger partial charge in [-0.2, -0.15) is 0 Å². The van der Waals surface area contributed by atoms with E-state index in [-0.39, 0.29) is 33.0 Å². The maximum Gasteiger partial charge on any atom is 0.250 e. The van der Waals surface area contributed by atoms with Crippen LogP contribution in [0.1, 0.15) is 18.4 Å². The minimum atomic E-state index is -1.56. The van der Waals surface area contributed by atoms with Crippen molar-refractivity contribution in [1.29, 1.82) is 0 Å². The van der Waals surface area contributed by atoms with Crippen molar-refractivity contribution in [3.05, 3.63) is 57.6 Å². The standard InChI is InChI=1S/C22H15Cl2F2N3O3/c23-9-4-10(25)6-12(5-9)29-19(30)16-15-2-1-3-28(15)22(17(16)20(29)31)13-7-11(26)8-14(24)18(13)27-21(22)32/h4-8,15-17H,1-3H2,(H,27,32). The zero-order chi connectivity index (χ0) is 22.5. The normalized spacial score (nSPS) is 30.8. The van der Waals surface area contributed by atoms with Gasteiger partial charge >= 0.3 is 0 Å². The van der Waals surface area contributed by atoms with E-state index < -0.39 is 46.7 Å². The number of hydrogen-bond donors (Lipinski definition) is 1.